The van der Waals surface area contributed by atoms with Gasteiger partial charge in [-0.25, -0.2) is 9.59 Å². The second kappa shape index (κ2) is 37.3. The molecule has 4 aromatic heterocycles. The van der Waals surface area contributed by atoms with E-state index in [-0.39, 0.29) is 45.7 Å². The number of carboxylic acids is 1. The Kier molecular flexibility index (Phi) is 34.1. The Morgan fingerprint density at radius 3 is 1.41 bits per heavy atom. The number of ether oxygens (including phenoxy) is 3. The van der Waals surface area contributed by atoms with Crippen LogP contribution in [0.1, 0.15) is 63.8 Å². The van der Waals surface area contributed by atoms with E-state index in [0.717, 1.165) is 39.3 Å². The third-order valence-corrected chi connectivity index (χ3v) is 10.5. The molecular formula is C50H73BrN8O14S2. The Hall–Kier alpha value is -6.44. The number of aromatic nitrogens is 4. The first-order valence-corrected chi connectivity index (χ1v) is 26.7. The van der Waals surface area contributed by atoms with Gasteiger partial charge in [-0.05, 0) is 116 Å². The van der Waals surface area contributed by atoms with Gasteiger partial charge in [0.05, 0.1) is 23.0 Å². The van der Waals surface area contributed by atoms with Crippen molar-refractivity contribution < 1.29 is 48.1 Å². The Balaban J connectivity index is 0.000000904. The molecule has 1 aliphatic heterocycles. The van der Waals surface area contributed by atoms with Crippen molar-refractivity contribution in [2.45, 2.75) is 100 Å². The first-order valence-electron chi connectivity index (χ1n) is 23.3. The highest BCUT2D eigenvalue weighted by atomic mass is 79.9. The van der Waals surface area contributed by atoms with Crippen LogP contribution in [0, 0.1) is 27.7 Å². The number of carboxylic acid groups (broad SMARTS) is 1. The maximum Gasteiger partial charge on any atom is 0.407 e. The Morgan fingerprint density at radius 2 is 1.08 bits per heavy atom. The number of H-pyrrole nitrogens is 1. The number of carbonyl (C=O) groups is 6. The molecule has 75 heavy (non-hydrogen) atoms. The average Bonchev–Trinajstić information content (AvgIpc) is 3.28. The minimum Gasteiger partial charge on any atom is -0.481 e. The van der Waals surface area contributed by atoms with Gasteiger partial charge in [0.1, 0.15) is 11.2 Å². The first kappa shape index (κ1) is 68.6. The minimum absolute atomic E-state index is 0.0236. The van der Waals surface area contributed by atoms with Crippen molar-refractivity contribution >= 4 is 75.5 Å². The lowest BCUT2D eigenvalue weighted by molar-refractivity contribution is -0.156. The van der Waals surface area contributed by atoms with Crippen molar-refractivity contribution in [1.29, 1.82) is 0 Å². The number of hydrogen-bond acceptors (Lipinski definition) is 16. The highest BCUT2D eigenvalue weighted by molar-refractivity contribution is 9.09. The van der Waals surface area contributed by atoms with Gasteiger partial charge in [0.25, 0.3) is 16.7 Å². The highest BCUT2D eigenvalue weighted by Gasteiger charge is 2.17. The molecule has 416 valence electrons. The van der Waals surface area contributed by atoms with Crippen LogP contribution in [-0.4, -0.2) is 126 Å². The molecule has 0 aliphatic carbocycles. The standard InChI is InChI=1S/C13H20N2O3.C12H16N2O4S.C8H12N2O.C7H14BrNO2.C6H7NO.C4H4O3S/c1-10-5-7-15(11(16)9-10)8-6-14-12(17)18-13(2,3)4;1-9-2-4-14(11(16)6-9)5-3-13-10(15)7-19-8-12(17)18;1-7-2-4-10(5-3-9)8(11)6-7;1-7(2,3)11-6(10)9-5-4-8;1-5-2-3-7-6(8)4-5;5-3-1-8-2-4(6)7-3/h5,7,9H,6,8H2,1-4H3,(H,14,17);2,4,6H,3,5,7-8H2,1H3,(H,13,15)(H,17,18);2,4,6H,3,5,9H2,1H3;4-5H2,1-3H3,(H,9,10);2-4H,1H3,(H,7,8);1-2H2. The summed E-state index contributed by atoms with van der Waals surface area (Å²) in [5, 5.41) is 17.0. The largest absolute Gasteiger partial charge is 0.481 e. The van der Waals surface area contributed by atoms with Gasteiger partial charge < -0.3 is 59.7 Å². The van der Waals surface area contributed by atoms with Crippen LogP contribution < -0.4 is 43.9 Å². The second-order valence-corrected chi connectivity index (χ2v) is 20.6. The number of carbonyl (C=O) groups excluding carboxylic acids is 5. The van der Waals surface area contributed by atoms with E-state index in [1.54, 1.807) is 72.9 Å². The number of aromatic amines is 1. The van der Waals surface area contributed by atoms with Crippen LogP contribution in [0.2, 0.25) is 0 Å². The van der Waals surface area contributed by atoms with E-state index in [1.165, 1.54) is 22.4 Å². The van der Waals surface area contributed by atoms with Gasteiger partial charge >= 0.3 is 30.1 Å². The van der Waals surface area contributed by atoms with Gasteiger partial charge in [0, 0.05) is 100 Å². The lowest BCUT2D eigenvalue weighted by atomic mass is 10.2. The predicted molar refractivity (Wildman–Crippen MR) is 296 cm³/mol. The van der Waals surface area contributed by atoms with Crippen molar-refractivity contribution in [2.75, 3.05) is 54.5 Å². The summed E-state index contributed by atoms with van der Waals surface area (Å²) in [7, 11) is 0. The third-order valence-electron chi connectivity index (χ3n) is 8.34. The lowest BCUT2D eigenvalue weighted by Gasteiger charge is -2.19. The van der Waals surface area contributed by atoms with Crippen LogP contribution in [0.5, 0.6) is 0 Å². The van der Waals surface area contributed by atoms with Gasteiger partial charge in [-0.3, -0.25) is 38.4 Å². The number of cyclic esters (lactones) is 2. The summed E-state index contributed by atoms with van der Waals surface area (Å²) < 4.78 is 18.9. The minimum atomic E-state index is -0.941. The Labute approximate surface area is 453 Å². The lowest BCUT2D eigenvalue weighted by Crippen LogP contribution is -2.35. The molecule has 25 heteroatoms. The zero-order valence-electron chi connectivity index (χ0n) is 44.3. The molecule has 0 saturated carbocycles. The number of aryl methyl sites for hydroxylation is 4. The molecule has 0 spiro atoms. The van der Waals surface area contributed by atoms with Gasteiger partial charge in [0.15, 0.2) is 0 Å². The molecule has 0 atom stereocenters. The van der Waals surface area contributed by atoms with Crippen molar-refractivity contribution in [1.82, 2.24) is 34.6 Å². The highest BCUT2D eigenvalue weighted by Crippen LogP contribution is 2.08. The number of aliphatic carboxylic acids is 1. The zero-order valence-corrected chi connectivity index (χ0v) is 47.5. The fraction of sp³-hybridized carbons (Fsp3) is 0.480. The molecule has 22 nitrogen and oxygen atoms in total. The molecule has 1 saturated heterocycles. The Bertz CT molecular complexity index is 2640. The third kappa shape index (κ3) is 37.9. The number of nitrogens with one attached hydrogen (secondary N) is 4. The van der Waals surface area contributed by atoms with Crippen molar-refractivity contribution in [3.8, 4) is 0 Å². The first-order chi connectivity index (χ1) is 35.0. The molecule has 0 aromatic carbocycles. The van der Waals surface area contributed by atoms with Crippen molar-refractivity contribution in [2.24, 2.45) is 5.73 Å². The predicted octanol–water partition coefficient (Wildman–Crippen LogP) is 4.28. The van der Waals surface area contributed by atoms with Crippen LogP contribution in [-0.2, 0) is 53.0 Å². The van der Waals surface area contributed by atoms with Gasteiger partial charge in [0.2, 0.25) is 11.5 Å². The number of amides is 3. The number of nitrogens with two attached hydrogens (primary N) is 1. The summed E-state index contributed by atoms with van der Waals surface area (Å²) in [6.07, 6.45) is 5.97. The molecular weight excluding hydrogens is 1080 g/mol. The number of esters is 2. The molecule has 7 N–H and O–H groups in total. The number of hydrogen-bond donors (Lipinski definition) is 6. The Morgan fingerprint density at radius 1 is 0.667 bits per heavy atom. The summed E-state index contributed by atoms with van der Waals surface area (Å²) in [5.74, 6) is -1.38. The number of alkyl halides is 1. The van der Waals surface area contributed by atoms with E-state index in [0.29, 0.717) is 57.3 Å². The van der Waals surface area contributed by atoms with Crippen LogP contribution in [0.25, 0.3) is 0 Å². The number of nitrogens with zero attached hydrogens (tertiary/aromatic N) is 3. The van der Waals surface area contributed by atoms with Crippen molar-refractivity contribution in [3.63, 3.8) is 0 Å². The van der Waals surface area contributed by atoms with E-state index >= 15 is 0 Å². The normalized spacial score (nSPS) is 11.5. The van der Waals surface area contributed by atoms with Crippen LogP contribution in [0.15, 0.2) is 92.5 Å². The number of thioether (sulfide) groups is 2. The zero-order chi connectivity index (χ0) is 57.1. The molecule has 5 rings (SSSR count). The monoisotopic (exact) mass is 1150 g/mol. The summed E-state index contributed by atoms with van der Waals surface area (Å²) in [4.78, 5) is 111. The summed E-state index contributed by atoms with van der Waals surface area (Å²) >= 11 is 5.51. The molecule has 5 heterocycles. The van der Waals surface area contributed by atoms with E-state index < -0.39 is 35.2 Å². The van der Waals surface area contributed by atoms with E-state index in [4.69, 9.17) is 20.3 Å². The molecule has 1 aliphatic rings. The molecule has 0 radical (unpaired) electrons. The van der Waals surface area contributed by atoms with Crippen LogP contribution in [0.4, 0.5) is 9.59 Å². The van der Waals surface area contributed by atoms with Gasteiger partial charge in [-0.2, -0.15) is 0 Å². The number of alkyl carbamates (subject to hydrolysis) is 2. The summed E-state index contributed by atoms with van der Waals surface area (Å²) in [5.41, 5.74) is 8.02. The number of pyridine rings is 4. The average molecular weight is 1150 g/mol. The van der Waals surface area contributed by atoms with Crippen molar-refractivity contribution in [3.05, 3.63) is 137 Å². The maximum absolute atomic E-state index is 11.6. The fourth-order valence-electron chi connectivity index (χ4n) is 5.12. The molecule has 3 amide bonds. The number of rotatable bonds is 14. The number of halogens is 1. The second-order valence-electron chi connectivity index (χ2n) is 17.8. The topological polar surface area (TPSA) is 311 Å². The SMILES string of the molecule is CC(C)(C)OC(=O)NCCBr.Cc1cc[nH]c(=O)c1.Cc1ccn(CCN)c(=O)c1.Cc1ccn(CCNC(=O)CSCC(=O)O)c(=O)c1.Cc1ccn(CCNC(=O)OC(C)(C)C)c(=O)c1.O=C1CSCC(=O)O1. The molecule has 0 bridgehead atoms. The summed E-state index contributed by atoms with van der Waals surface area (Å²) in [6.45, 7) is 21.6. The van der Waals surface area contributed by atoms with E-state index in [2.05, 4.69) is 41.6 Å². The van der Waals surface area contributed by atoms with Gasteiger partial charge in [-0.1, -0.05) is 15.9 Å². The summed E-state index contributed by atoms with van der Waals surface area (Å²) in [6, 6.07) is 13.7. The van der Waals surface area contributed by atoms with Gasteiger partial charge in [-0.15, -0.1) is 23.5 Å². The van der Waals surface area contributed by atoms with E-state index in [9.17, 15) is 47.9 Å². The smallest absolute Gasteiger partial charge is 0.407 e. The van der Waals surface area contributed by atoms with Crippen LogP contribution in [0.3, 0.4) is 0 Å². The van der Waals surface area contributed by atoms with Crippen LogP contribution >= 0.6 is 39.5 Å². The maximum atomic E-state index is 11.6. The van der Waals surface area contributed by atoms with E-state index in [1.807, 2.05) is 72.7 Å². The quantitative estimate of drug-likeness (QED) is 0.0444. The fourth-order valence-corrected chi connectivity index (χ4v) is 6.44. The molecule has 0 unspecified atom stereocenters. The molecule has 4 aromatic rings. The molecule has 1 fully saturated rings.